The van der Waals surface area contributed by atoms with Gasteiger partial charge in [0.05, 0.1) is 12.7 Å². The zero-order chi connectivity index (χ0) is 19.7. The minimum absolute atomic E-state index is 0.0345. The third-order valence-corrected chi connectivity index (χ3v) is 5.95. The van der Waals surface area contributed by atoms with Crippen molar-refractivity contribution in [1.29, 1.82) is 0 Å². The van der Waals surface area contributed by atoms with Crippen molar-refractivity contribution in [3.8, 4) is 0 Å². The van der Waals surface area contributed by atoms with Crippen molar-refractivity contribution >= 4 is 17.5 Å². The van der Waals surface area contributed by atoms with Gasteiger partial charge in [-0.2, -0.15) is 0 Å². The molecular weight excluding hydrogens is 360 g/mol. The minimum atomic E-state index is -0.592. The Bertz CT molecular complexity index is 775. The molecule has 0 aliphatic carbocycles. The van der Waals surface area contributed by atoms with Crippen LogP contribution in [0.5, 0.6) is 0 Å². The number of nitrogens with zero attached hydrogens (tertiary/aromatic N) is 6. The van der Waals surface area contributed by atoms with Crippen LogP contribution in [0.2, 0.25) is 0 Å². The molecule has 9 heteroatoms. The van der Waals surface area contributed by atoms with Crippen molar-refractivity contribution < 1.29 is 14.4 Å². The fourth-order valence-corrected chi connectivity index (χ4v) is 4.21. The molecule has 2 fully saturated rings. The molecule has 0 bridgehead atoms. The number of aromatic nitrogens is 2. The van der Waals surface area contributed by atoms with E-state index < -0.39 is 5.60 Å². The fraction of sp³-hybridized carbons (Fsp3) is 0.632. The second-order valence-corrected chi connectivity index (χ2v) is 8.04. The van der Waals surface area contributed by atoms with Crippen LogP contribution in [0, 0.1) is 0 Å². The highest BCUT2D eigenvalue weighted by Gasteiger charge is 2.48. The molecule has 4 heterocycles. The maximum Gasteiger partial charge on any atom is 0.274 e. The highest BCUT2D eigenvalue weighted by molar-refractivity contribution is 6.39. The first-order chi connectivity index (χ1) is 13.5. The molecule has 3 aliphatic heterocycles. The Hall–Kier alpha value is -2.55. The van der Waals surface area contributed by atoms with Gasteiger partial charge in [-0.25, -0.2) is 4.98 Å². The van der Waals surface area contributed by atoms with Crippen molar-refractivity contribution in [3.05, 3.63) is 24.3 Å². The SMILES string of the molecule is CN(C)C1CCN(C(=O)C2=NOC3(CCN(C(=O)c4cnccn4)C3)C2)CC1. The summed E-state index contributed by atoms with van der Waals surface area (Å²) in [6, 6.07) is 0.521. The van der Waals surface area contributed by atoms with Gasteiger partial charge < -0.3 is 19.5 Å². The van der Waals surface area contributed by atoms with Crippen LogP contribution >= 0.6 is 0 Å². The van der Waals surface area contributed by atoms with E-state index in [0.717, 1.165) is 25.9 Å². The lowest BCUT2D eigenvalue weighted by Crippen LogP contribution is -2.47. The Morgan fingerprint density at radius 1 is 1.14 bits per heavy atom. The predicted octanol–water partition coefficient (Wildman–Crippen LogP) is 0.390. The van der Waals surface area contributed by atoms with Crippen LogP contribution < -0.4 is 0 Å². The third kappa shape index (κ3) is 3.58. The highest BCUT2D eigenvalue weighted by atomic mass is 16.7. The predicted molar refractivity (Wildman–Crippen MR) is 102 cm³/mol. The molecule has 1 aromatic heterocycles. The molecule has 150 valence electrons. The van der Waals surface area contributed by atoms with Gasteiger partial charge >= 0.3 is 0 Å². The number of carbonyl (C=O) groups excluding carboxylic acids is 2. The van der Waals surface area contributed by atoms with Crippen molar-refractivity contribution in [2.24, 2.45) is 5.16 Å². The average Bonchev–Trinajstić information content (AvgIpc) is 3.34. The summed E-state index contributed by atoms with van der Waals surface area (Å²) in [4.78, 5) is 45.0. The van der Waals surface area contributed by atoms with Gasteiger partial charge in [0.15, 0.2) is 5.60 Å². The Balaban J connectivity index is 1.34. The number of carbonyl (C=O) groups is 2. The second-order valence-electron chi connectivity index (χ2n) is 8.04. The summed E-state index contributed by atoms with van der Waals surface area (Å²) < 4.78 is 0. The summed E-state index contributed by atoms with van der Waals surface area (Å²) in [6.45, 7) is 2.45. The molecule has 0 N–H and O–H groups in total. The van der Waals surface area contributed by atoms with Crippen LogP contribution in [0.25, 0.3) is 0 Å². The molecule has 0 saturated carbocycles. The lowest BCUT2D eigenvalue weighted by molar-refractivity contribution is -0.125. The Morgan fingerprint density at radius 2 is 1.93 bits per heavy atom. The lowest BCUT2D eigenvalue weighted by atomic mass is 9.95. The van der Waals surface area contributed by atoms with Gasteiger partial charge in [-0.15, -0.1) is 0 Å². The molecule has 1 aromatic rings. The number of rotatable bonds is 3. The van der Waals surface area contributed by atoms with Gasteiger partial charge in [0.1, 0.15) is 11.4 Å². The average molecular weight is 386 g/mol. The quantitative estimate of drug-likeness (QED) is 0.746. The monoisotopic (exact) mass is 386 g/mol. The Kier molecular flexibility index (Phi) is 5.01. The van der Waals surface area contributed by atoms with Crippen LogP contribution in [0.1, 0.15) is 36.2 Å². The number of amides is 2. The maximum atomic E-state index is 12.9. The molecule has 1 unspecified atom stereocenters. The van der Waals surface area contributed by atoms with Gasteiger partial charge in [-0.3, -0.25) is 14.6 Å². The molecule has 2 saturated heterocycles. The largest absolute Gasteiger partial charge is 0.386 e. The third-order valence-electron chi connectivity index (χ3n) is 5.95. The smallest absolute Gasteiger partial charge is 0.274 e. The number of hydrogen-bond donors (Lipinski definition) is 0. The fourth-order valence-electron chi connectivity index (χ4n) is 4.21. The van der Waals surface area contributed by atoms with E-state index in [1.54, 1.807) is 4.90 Å². The van der Waals surface area contributed by atoms with Crippen LogP contribution in [0.15, 0.2) is 23.7 Å². The zero-order valence-electron chi connectivity index (χ0n) is 16.4. The van der Waals surface area contributed by atoms with Gasteiger partial charge in [-0.05, 0) is 26.9 Å². The van der Waals surface area contributed by atoms with E-state index in [0.29, 0.717) is 43.4 Å². The first kappa shape index (κ1) is 18.8. The first-order valence-electron chi connectivity index (χ1n) is 9.73. The molecule has 3 aliphatic rings. The molecular formula is C19H26N6O3. The maximum absolute atomic E-state index is 12.9. The molecule has 9 nitrogen and oxygen atoms in total. The summed E-state index contributed by atoms with van der Waals surface area (Å²) in [5.41, 5.74) is 0.195. The summed E-state index contributed by atoms with van der Waals surface area (Å²) in [5, 5.41) is 4.12. The topological polar surface area (TPSA) is 91.2 Å². The Labute approximate surface area is 164 Å². The van der Waals surface area contributed by atoms with E-state index in [9.17, 15) is 9.59 Å². The summed E-state index contributed by atoms with van der Waals surface area (Å²) in [7, 11) is 4.16. The molecule has 0 radical (unpaired) electrons. The van der Waals surface area contributed by atoms with E-state index in [1.165, 1.54) is 18.6 Å². The molecule has 0 aromatic carbocycles. The van der Waals surface area contributed by atoms with Crippen molar-refractivity contribution in [1.82, 2.24) is 24.7 Å². The summed E-state index contributed by atoms with van der Waals surface area (Å²) >= 11 is 0. The zero-order valence-corrected chi connectivity index (χ0v) is 16.4. The van der Waals surface area contributed by atoms with Crippen molar-refractivity contribution in [2.45, 2.75) is 37.3 Å². The lowest BCUT2D eigenvalue weighted by Gasteiger charge is -2.35. The standard InChI is InChI=1S/C19H26N6O3/c1-23(2)14-3-8-24(9-4-14)17(26)15-11-19(28-22-15)5-10-25(13-19)18(27)16-12-20-6-7-21-16/h6-7,12,14H,3-5,8-11,13H2,1-2H3. The van der Waals surface area contributed by atoms with Crippen LogP contribution in [-0.2, 0) is 9.63 Å². The molecule has 4 rings (SSSR count). The number of oxime groups is 1. The van der Waals surface area contributed by atoms with Gasteiger partial charge in [0.2, 0.25) is 0 Å². The number of likely N-dealkylation sites (tertiary alicyclic amines) is 2. The van der Waals surface area contributed by atoms with Gasteiger partial charge in [0, 0.05) is 50.9 Å². The van der Waals surface area contributed by atoms with Crippen LogP contribution in [0.4, 0.5) is 0 Å². The van der Waals surface area contributed by atoms with Crippen LogP contribution in [-0.4, -0.2) is 94.1 Å². The molecule has 1 atom stereocenters. The second kappa shape index (κ2) is 7.46. The highest BCUT2D eigenvalue weighted by Crippen LogP contribution is 2.35. The normalized spacial score (nSPS) is 25.3. The van der Waals surface area contributed by atoms with Crippen LogP contribution in [0.3, 0.4) is 0 Å². The molecule has 1 spiro atoms. The van der Waals surface area contributed by atoms with Gasteiger partial charge in [0.25, 0.3) is 11.8 Å². The Morgan fingerprint density at radius 3 is 2.61 bits per heavy atom. The van der Waals surface area contributed by atoms with E-state index in [1.807, 2.05) is 4.90 Å². The van der Waals surface area contributed by atoms with E-state index >= 15 is 0 Å². The minimum Gasteiger partial charge on any atom is -0.386 e. The van der Waals surface area contributed by atoms with Crippen molar-refractivity contribution in [3.63, 3.8) is 0 Å². The molecule has 2 amide bonds. The summed E-state index contributed by atoms with van der Waals surface area (Å²) in [6.07, 6.45) is 7.55. The van der Waals surface area contributed by atoms with E-state index in [4.69, 9.17) is 4.84 Å². The van der Waals surface area contributed by atoms with Gasteiger partial charge in [-0.1, -0.05) is 5.16 Å². The first-order valence-corrected chi connectivity index (χ1v) is 9.73. The number of piperidine rings is 1. The van der Waals surface area contributed by atoms with E-state index in [2.05, 4.69) is 34.1 Å². The number of hydrogen-bond acceptors (Lipinski definition) is 7. The summed E-state index contributed by atoms with van der Waals surface area (Å²) in [5.74, 6) is -0.202. The molecule has 28 heavy (non-hydrogen) atoms. The van der Waals surface area contributed by atoms with E-state index in [-0.39, 0.29) is 11.8 Å². The van der Waals surface area contributed by atoms with Crippen molar-refractivity contribution in [2.75, 3.05) is 40.3 Å².